The number of carbonyl (C=O) groups excluding carboxylic acids is 1. The van der Waals surface area contributed by atoms with Crippen molar-refractivity contribution >= 4 is 23.9 Å². The van der Waals surface area contributed by atoms with Gasteiger partial charge in [0, 0.05) is 19.8 Å². The van der Waals surface area contributed by atoms with Crippen molar-refractivity contribution in [2.24, 2.45) is 0 Å². The minimum Gasteiger partial charge on any atom is -0.550 e. The van der Waals surface area contributed by atoms with Crippen molar-refractivity contribution in [3.8, 4) is 0 Å². The van der Waals surface area contributed by atoms with Crippen LogP contribution >= 0.6 is 0 Å². The van der Waals surface area contributed by atoms with Gasteiger partial charge in [0.15, 0.2) is 0 Å². The monoisotopic (exact) mass is 260 g/mol. The molecule has 0 heterocycles. The van der Waals surface area contributed by atoms with Gasteiger partial charge in [-0.2, -0.15) is 0 Å². The van der Waals surface area contributed by atoms with Crippen molar-refractivity contribution in [1.82, 2.24) is 0 Å². The first-order valence-corrected chi connectivity index (χ1v) is 3.90. The second-order valence-electron chi connectivity index (χ2n) is 2.30. The Morgan fingerprint density at radius 3 is 1.18 bits per heavy atom. The topological polar surface area (TPSA) is 152 Å². The van der Waals surface area contributed by atoms with Crippen LogP contribution in [0.3, 0.4) is 0 Å². The zero-order chi connectivity index (χ0) is 13.7. The normalized spacial score (nSPS) is 6.94. The van der Waals surface area contributed by atoms with Gasteiger partial charge in [-0.3, -0.25) is 14.4 Å². The van der Waals surface area contributed by atoms with E-state index in [0.29, 0.717) is 0 Å². The smallest absolute Gasteiger partial charge is 0.550 e. The molecule has 94 valence electrons. The van der Waals surface area contributed by atoms with Crippen molar-refractivity contribution in [3.05, 3.63) is 0 Å². The summed E-state index contributed by atoms with van der Waals surface area (Å²) < 4.78 is 0. The molecular formula is C8H13NaO8. The molecule has 9 heteroatoms. The molecule has 0 aliphatic heterocycles. The van der Waals surface area contributed by atoms with E-state index in [2.05, 4.69) is 0 Å². The van der Waals surface area contributed by atoms with Gasteiger partial charge in [0.05, 0.1) is 6.42 Å². The van der Waals surface area contributed by atoms with E-state index in [1.807, 2.05) is 0 Å². The van der Waals surface area contributed by atoms with Gasteiger partial charge in [-0.15, -0.1) is 0 Å². The fourth-order valence-electron chi connectivity index (χ4n) is 0.209. The third kappa shape index (κ3) is 164. The van der Waals surface area contributed by atoms with Gasteiger partial charge in [0.2, 0.25) is 0 Å². The third-order valence-electron chi connectivity index (χ3n) is 0.543. The second-order valence-corrected chi connectivity index (χ2v) is 2.30. The molecule has 0 spiro atoms. The van der Waals surface area contributed by atoms with E-state index in [0.717, 1.165) is 13.8 Å². The first-order valence-electron chi connectivity index (χ1n) is 3.90. The summed E-state index contributed by atoms with van der Waals surface area (Å²) in [5, 5.41) is 32.2. The van der Waals surface area contributed by atoms with Crippen LogP contribution in [0.25, 0.3) is 0 Å². The largest absolute Gasteiger partial charge is 1.00 e. The van der Waals surface area contributed by atoms with E-state index in [4.69, 9.17) is 24.9 Å². The summed E-state index contributed by atoms with van der Waals surface area (Å²) in [6.45, 7) is 2.17. The minimum absolute atomic E-state index is 0. The fraction of sp³-hybridized carbons (Fsp3) is 0.500. The quantitative estimate of drug-likeness (QED) is 0.432. The summed E-state index contributed by atoms with van der Waals surface area (Å²) in [4.78, 5) is 37.1. The molecule has 0 aromatic rings. The summed E-state index contributed by atoms with van der Waals surface area (Å²) >= 11 is 0. The predicted octanol–water partition coefficient (Wildman–Crippen LogP) is -4.21. The van der Waals surface area contributed by atoms with Crippen molar-refractivity contribution < 1.29 is 69.2 Å². The van der Waals surface area contributed by atoms with Gasteiger partial charge in [-0.05, 0) is 6.42 Å². The molecule has 0 atom stereocenters. The Hall–Kier alpha value is -1.12. The van der Waals surface area contributed by atoms with Crippen molar-refractivity contribution in [2.75, 3.05) is 0 Å². The second kappa shape index (κ2) is 17.3. The molecule has 0 aromatic carbocycles. The van der Waals surface area contributed by atoms with E-state index in [1.54, 1.807) is 0 Å². The Morgan fingerprint density at radius 2 is 1.12 bits per heavy atom. The molecular weight excluding hydrogens is 247 g/mol. The standard InChI is InChI=1S/C4H6O4.2C2H4O2.Na/c5-3(6)1-2-4(7)8;2*1-2(3)4;/h1-2H2,(H,5,6)(H,7,8);2*1H3,(H,3,4);/q;;;+1/p-1. The van der Waals surface area contributed by atoms with Gasteiger partial charge in [-0.1, -0.05) is 0 Å². The summed E-state index contributed by atoms with van der Waals surface area (Å²) in [7, 11) is 0. The van der Waals surface area contributed by atoms with Gasteiger partial charge in [-0.25, -0.2) is 0 Å². The third-order valence-corrected chi connectivity index (χ3v) is 0.543. The number of hydrogen-bond acceptors (Lipinski definition) is 5. The van der Waals surface area contributed by atoms with Crippen LogP contribution in [0.2, 0.25) is 0 Å². The van der Waals surface area contributed by atoms with Crippen LogP contribution in [0.15, 0.2) is 0 Å². The molecule has 3 N–H and O–H groups in total. The first kappa shape index (κ1) is 24.9. The maximum atomic E-state index is 9.61. The number of carboxylic acids is 4. The average Bonchev–Trinajstić information content (AvgIpc) is 1.98. The Labute approximate surface area is 120 Å². The molecule has 0 aromatic heterocycles. The van der Waals surface area contributed by atoms with E-state index in [1.165, 1.54) is 0 Å². The van der Waals surface area contributed by atoms with E-state index >= 15 is 0 Å². The molecule has 0 aliphatic rings. The maximum absolute atomic E-state index is 9.61. The molecule has 0 fully saturated rings. The zero-order valence-corrected chi connectivity index (χ0v) is 11.8. The summed E-state index contributed by atoms with van der Waals surface area (Å²) in [6.07, 6.45) is -0.766. The molecule has 0 unspecified atom stereocenters. The van der Waals surface area contributed by atoms with Gasteiger partial charge in [0.25, 0.3) is 11.9 Å². The van der Waals surface area contributed by atoms with Crippen LogP contribution in [-0.4, -0.2) is 39.2 Å². The molecule has 0 aliphatic carbocycles. The molecule has 0 radical (unpaired) electrons. The Morgan fingerprint density at radius 1 is 0.882 bits per heavy atom. The first-order chi connectivity index (χ1) is 7.09. The van der Waals surface area contributed by atoms with Crippen LogP contribution in [-0.2, 0) is 19.2 Å². The van der Waals surface area contributed by atoms with Gasteiger partial charge in [0.1, 0.15) is 0 Å². The summed E-state index contributed by atoms with van der Waals surface area (Å²) in [5.74, 6) is -4.11. The molecule has 0 amide bonds. The van der Waals surface area contributed by atoms with Crippen LogP contribution in [0.5, 0.6) is 0 Å². The Bertz CT molecular complexity index is 216. The van der Waals surface area contributed by atoms with Crippen LogP contribution in [0, 0.1) is 0 Å². The zero-order valence-electron chi connectivity index (χ0n) is 9.80. The number of rotatable bonds is 3. The fourth-order valence-corrected chi connectivity index (χ4v) is 0.209. The molecule has 0 rings (SSSR count). The molecule has 0 saturated heterocycles. The van der Waals surface area contributed by atoms with Crippen molar-refractivity contribution in [1.29, 1.82) is 0 Å². The van der Waals surface area contributed by atoms with E-state index < -0.39 is 30.3 Å². The van der Waals surface area contributed by atoms with Crippen LogP contribution in [0.4, 0.5) is 0 Å². The van der Waals surface area contributed by atoms with Gasteiger partial charge >= 0.3 is 35.5 Å². The van der Waals surface area contributed by atoms with Gasteiger partial charge < -0.3 is 25.2 Å². The number of carbonyl (C=O) groups is 4. The minimum atomic E-state index is -1.33. The molecule has 0 bridgehead atoms. The number of carboxylic acid groups (broad SMARTS) is 4. The maximum Gasteiger partial charge on any atom is 1.00 e. The number of aliphatic carboxylic acids is 4. The van der Waals surface area contributed by atoms with Crippen molar-refractivity contribution in [2.45, 2.75) is 26.7 Å². The van der Waals surface area contributed by atoms with Crippen LogP contribution < -0.4 is 34.7 Å². The van der Waals surface area contributed by atoms with Crippen molar-refractivity contribution in [3.63, 3.8) is 0 Å². The summed E-state index contributed by atoms with van der Waals surface area (Å²) in [5.41, 5.74) is 0. The number of hydrogen-bond donors (Lipinski definition) is 3. The van der Waals surface area contributed by atoms with E-state index in [-0.39, 0.29) is 36.0 Å². The molecule has 17 heavy (non-hydrogen) atoms. The Kier molecular flexibility index (Phi) is 25.3. The van der Waals surface area contributed by atoms with E-state index in [9.17, 15) is 14.7 Å². The SMILES string of the molecule is CC(=O)O.CC(=O)O.O=C([O-])CCC(=O)O.[Na+]. The average molecular weight is 260 g/mol. The molecule has 8 nitrogen and oxygen atoms in total. The predicted molar refractivity (Wildman–Crippen MR) is 48.5 cm³/mol. The van der Waals surface area contributed by atoms with Crippen LogP contribution in [0.1, 0.15) is 26.7 Å². The Balaban J connectivity index is -0.0000000806. The summed E-state index contributed by atoms with van der Waals surface area (Å²) in [6, 6.07) is 0. The molecule has 0 saturated carbocycles.